The molecule has 0 fully saturated rings. The van der Waals surface area contributed by atoms with Gasteiger partial charge in [0.05, 0.1) is 6.10 Å². The minimum Gasteiger partial charge on any atom is -0.393 e. The van der Waals surface area contributed by atoms with Crippen molar-refractivity contribution < 1.29 is 14.3 Å². The first kappa shape index (κ1) is 15.6. The topological polar surface area (TPSA) is 53.4 Å². The highest BCUT2D eigenvalue weighted by molar-refractivity contribution is 7.13. The monoisotopic (exact) mass is 308 g/mol. The molecule has 2 aromatic rings. The molecule has 0 spiro atoms. The van der Waals surface area contributed by atoms with Crippen LogP contribution in [0, 0.1) is 5.82 Å². The lowest BCUT2D eigenvalue weighted by Gasteiger charge is -2.16. The number of halogens is 1. The summed E-state index contributed by atoms with van der Waals surface area (Å²) < 4.78 is 13.7. The molecule has 0 bridgehead atoms. The van der Waals surface area contributed by atoms with Crippen LogP contribution in [0.3, 0.4) is 0 Å². The van der Waals surface area contributed by atoms with Crippen LogP contribution < -0.4 is 0 Å². The third-order valence-corrected chi connectivity index (χ3v) is 3.93. The molecule has 1 amide bonds. The molecule has 4 nitrogen and oxygen atoms in total. The number of nitrogens with zero attached hydrogens (tertiary/aromatic N) is 2. The van der Waals surface area contributed by atoms with E-state index >= 15 is 0 Å². The minimum atomic E-state index is -0.454. The van der Waals surface area contributed by atoms with E-state index in [1.54, 1.807) is 37.6 Å². The molecule has 1 N–H and O–H groups in total. The number of thiazole rings is 1. The van der Waals surface area contributed by atoms with Gasteiger partial charge in [-0.05, 0) is 25.5 Å². The standard InChI is InChI=1S/C15H17FN2O2S/c1-10(19)7-8-18(2)15(20)13-9-21-14(17-13)11-5-3-4-6-12(11)16/h3-6,9-10,19H,7-8H2,1-2H3. The van der Waals surface area contributed by atoms with Crippen LogP contribution in [-0.2, 0) is 0 Å². The van der Waals surface area contributed by atoms with Gasteiger partial charge in [0.15, 0.2) is 0 Å². The second kappa shape index (κ2) is 6.78. The summed E-state index contributed by atoms with van der Waals surface area (Å²) in [6.07, 6.45) is 0.0525. The fourth-order valence-electron chi connectivity index (χ4n) is 1.81. The van der Waals surface area contributed by atoms with E-state index in [1.165, 1.54) is 22.3 Å². The summed E-state index contributed by atoms with van der Waals surface area (Å²) in [6, 6.07) is 6.35. The normalized spacial score (nSPS) is 12.2. The number of hydrogen-bond donors (Lipinski definition) is 1. The van der Waals surface area contributed by atoms with Gasteiger partial charge in [-0.2, -0.15) is 0 Å². The van der Waals surface area contributed by atoms with Crippen LogP contribution in [0.25, 0.3) is 10.6 Å². The molecule has 0 aliphatic rings. The highest BCUT2D eigenvalue weighted by Crippen LogP contribution is 2.26. The van der Waals surface area contributed by atoms with Crippen LogP contribution in [0.2, 0.25) is 0 Å². The Morgan fingerprint density at radius 1 is 1.48 bits per heavy atom. The Balaban J connectivity index is 2.13. The third kappa shape index (κ3) is 3.86. The number of carbonyl (C=O) groups excluding carboxylic acids is 1. The van der Waals surface area contributed by atoms with Crippen molar-refractivity contribution in [1.29, 1.82) is 0 Å². The van der Waals surface area contributed by atoms with E-state index in [0.29, 0.717) is 29.2 Å². The summed E-state index contributed by atoms with van der Waals surface area (Å²) >= 11 is 1.24. The molecule has 1 heterocycles. The van der Waals surface area contributed by atoms with Crippen molar-refractivity contribution in [3.05, 3.63) is 41.2 Å². The Morgan fingerprint density at radius 3 is 2.86 bits per heavy atom. The Kier molecular flexibility index (Phi) is 5.03. The quantitative estimate of drug-likeness (QED) is 0.924. The molecule has 1 atom stereocenters. The van der Waals surface area contributed by atoms with Crippen molar-refractivity contribution in [2.75, 3.05) is 13.6 Å². The zero-order valence-electron chi connectivity index (χ0n) is 11.9. The van der Waals surface area contributed by atoms with E-state index in [4.69, 9.17) is 0 Å². The van der Waals surface area contributed by atoms with Gasteiger partial charge in [-0.25, -0.2) is 9.37 Å². The molecule has 21 heavy (non-hydrogen) atoms. The number of hydrogen-bond acceptors (Lipinski definition) is 4. The second-order valence-electron chi connectivity index (χ2n) is 4.88. The number of benzene rings is 1. The Bertz CT molecular complexity index is 628. The third-order valence-electron chi connectivity index (χ3n) is 3.06. The molecule has 2 rings (SSSR count). The van der Waals surface area contributed by atoms with Gasteiger partial charge in [0.1, 0.15) is 16.5 Å². The summed E-state index contributed by atoms with van der Waals surface area (Å²) in [6.45, 7) is 2.13. The lowest BCUT2D eigenvalue weighted by atomic mass is 10.2. The van der Waals surface area contributed by atoms with Crippen LogP contribution in [0.4, 0.5) is 4.39 Å². The predicted octanol–water partition coefficient (Wildman–Crippen LogP) is 2.79. The van der Waals surface area contributed by atoms with Crippen molar-refractivity contribution in [1.82, 2.24) is 9.88 Å². The fourth-order valence-corrected chi connectivity index (χ4v) is 2.63. The zero-order valence-corrected chi connectivity index (χ0v) is 12.7. The van der Waals surface area contributed by atoms with E-state index in [1.807, 2.05) is 0 Å². The van der Waals surface area contributed by atoms with Gasteiger partial charge in [-0.15, -0.1) is 11.3 Å². The lowest BCUT2D eigenvalue weighted by molar-refractivity contribution is 0.0764. The number of rotatable bonds is 5. The molecule has 0 aliphatic heterocycles. The van der Waals surface area contributed by atoms with Crippen LogP contribution >= 0.6 is 11.3 Å². The van der Waals surface area contributed by atoms with Gasteiger partial charge >= 0.3 is 0 Å². The molecule has 0 radical (unpaired) electrons. The van der Waals surface area contributed by atoms with Gasteiger partial charge in [-0.1, -0.05) is 12.1 Å². The van der Waals surface area contributed by atoms with Crippen LogP contribution in [0.15, 0.2) is 29.6 Å². The number of aromatic nitrogens is 1. The van der Waals surface area contributed by atoms with Crippen LogP contribution in [-0.4, -0.2) is 40.6 Å². The fraction of sp³-hybridized carbons (Fsp3) is 0.333. The highest BCUT2D eigenvalue weighted by Gasteiger charge is 2.17. The molecule has 1 aromatic heterocycles. The van der Waals surface area contributed by atoms with Crippen LogP contribution in [0.1, 0.15) is 23.8 Å². The van der Waals surface area contributed by atoms with E-state index in [0.717, 1.165) is 0 Å². The summed E-state index contributed by atoms with van der Waals surface area (Å²) in [5, 5.41) is 11.4. The first-order chi connectivity index (χ1) is 9.99. The molecule has 6 heteroatoms. The van der Waals surface area contributed by atoms with E-state index in [9.17, 15) is 14.3 Å². The SMILES string of the molecule is CC(O)CCN(C)C(=O)c1csc(-c2ccccc2F)n1. The van der Waals surface area contributed by atoms with Gasteiger partial charge < -0.3 is 10.0 Å². The van der Waals surface area contributed by atoms with Gasteiger partial charge in [0.25, 0.3) is 5.91 Å². The zero-order chi connectivity index (χ0) is 15.4. The summed E-state index contributed by atoms with van der Waals surface area (Å²) in [5.41, 5.74) is 0.694. The highest BCUT2D eigenvalue weighted by atomic mass is 32.1. The molecule has 1 unspecified atom stereocenters. The number of aliphatic hydroxyl groups is 1. The molecule has 1 aromatic carbocycles. The first-order valence-corrected chi connectivity index (χ1v) is 7.51. The predicted molar refractivity (Wildman–Crippen MR) is 80.8 cm³/mol. The molecule has 0 saturated heterocycles. The number of amides is 1. The van der Waals surface area contributed by atoms with Crippen molar-refractivity contribution in [2.24, 2.45) is 0 Å². The Labute approximate surface area is 126 Å². The Hall–Kier alpha value is -1.79. The summed E-state index contributed by atoms with van der Waals surface area (Å²) in [4.78, 5) is 17.9. The Morgan fingerprint density at radius 2 is 2.19 bits per heavy atom. The summed E-state index contributed by atoms with van der Waals surface area (Å²) in [7, 11) is 1.66. The average molecular weight is 308 g/mol. The van der Waals surface area contributed by atoms with Gasteiger partial charge in [0, 0.05) is 24.5 Å². The van der Waals surface area contributed by atoms with Crippen molar-refractivity contribution in [2.45, 2.75) is 19.4 Å². The number of aliphatic hydroxyl groups excluding tert-OH is 1. The molecule has 0 aliphatic carbocycles. The molecular formula is C15H17FN2O2S. The maximum atomic E-state index is 13.7. The van der Waals surface area contributed by atoms with Crippen molar-refractivity contribution in [3.8, 4) is 10.6 Å². The van der Waals surface area contributed by atoms with Crippen LogP contribution in [0.5, 0.6) is 0 Å². The lowest BCUT2D eigenvalue weighted by Crippen LogP contribution is -2.29. The van der Waals surface area contributed by atoms with E-state index in [-0.39, 0.29) is 11.7 Å². The second-order valence-corrected chi connectivity index (χ2v) is 5.74. The minimum absolute atomic E-state index is 0.227. The maximum absolute atomic E-state index is 13.7. The average Bonchev–Trinajstić information content (AvgIpc) is 2.94. The van der Waals surface area contributed by atoms with Gasteiger partial charge in [0.2, 0.25) is 0 Å². The molecule has 0 saturated carbocycles. The molecule has 112 valence electrons. The maximum Gasteiger partial charge on any atom is 0.273 e. The van der Waals surface area contributed by atoms with E-state index < -0.39 is 6.10 Å². The smallest absolute Gasteiger partial charge is 0.273 e. The summed E-state index contributed by atoms with van der Waals surface area (Å²) in [5.74, 6) is -0.581. The largest absolute Gasteiger partial charge is 0.393 e. The van der Waals surface area contributed by atoms with Crippen molar-refractivity contribution >= 4 is 17.2 Å². The van der Waals surface area contributed by atoms with Crippen molar-refractivity contribution in [3.63, 3.8) is 0 Å². The number of carbonyl (C=O) groups is 1. The van der Waals surface area contributed by atoms with E-state index in [2.05, 4.69) is 4.98 Å². The molecular weight excluding hydrogens is 291 g/mol. The van der Waals surface area contributed by atoms with Gasteiger partial charge in [-0.3, -0.25) is 4.79 Å². The first-order valence-electron chi connectivity index (χ1n) is 6.63.